The monoisotopic (exact) mass is 426 g/mol. The molecule has 1 aliphatic heterocycles. The molecule has 4 amide bonds. The van der Waals surface area contributed by atoms with Crippen LogP contribution < -0.4 is 20.8 Å². The molecule has 2 heterocycles. The highest BCUT2D eigenvalue weighted by molar-refractivity contribution is 6.01. The fourth-order valence-electron chi connectivity index (χ4n) is 3.29. The first-order valence-electron chi connectivity index (χ1n) is 9.61. The number of hydrogen-bond donors (Lipinski definition) is 4. The largest absolute Gasteiger partial charge is 0.496 e. The number of ether oxygens (including phenoxy) is 1. The Labute approximate surface area is 177 Å². The lowest BCUT2D eigenvalue weighted by Crippen LogP contribution is -2.51. The molecule has 0 radical (unpaired) electrons. The van der Waals surface area contributed by atoms with Crippen LogP contribution in [-0.4, -0.2) is 60.4 Å². The van der Waals surface area contributed by atoms with E-state index >= 15 is 0 Å². The number of hydrazine groups is 1. The number of amides is 4. The number of H-pyrrole nitrogens is 1. The van der Waals surface area contributed by atoms with Gasteiger partial charge in [0, 0.05) is 17.4 Å². The van der Waals surface area contributed by atoms with E-state index in [1.165, 1.54) is 7.11 Å². The van der Waals surface area contributed by atoms with Crippen LogP contribution in [0.25, 0.3) is 10.9 Å². The van der Waals surface area contributed by atoms with Crippen molar-refractivity contribution in [3.8, 4) is 11.8 Å². The summed E-state index contributed by atoms with van der Waals surface area (Å²) in [4.78, 5) is 51.6. The summed E-state index contributed by atoms with van der Waals surface area (Å²) in [5.74, 6) is -1.90. The highest BCUT2D eigenvalue weighted by atomic mass is 16.5. The lowest BCUT2D eigenvalue weighted by atomic mass is 10.1. The first-order chi connectivity index (χ1) is 14.9. The van der Waals surface area contributed by atoms with Crippen LogP contribution in [0, 0.1) is 17.2 Å². The molecule has 11 heteroatoms. The number of carbonyl (C=O) groups excluding carboxylic acids is 4. The molecule has 162 valence electrons. The van der Waals surface area contributed by atoms with Crippen molar-refractivity contribution in [2.24, 2.45) is 5.92 Å². The van der Waals surface area contributed by atoms with Gasteiger partial charge in [0.25, 0.3) is 17.7 Å². The molecule has 3 rings (SSSR count). The van der Waals surface area contributed by atoms with Gasteiger partial charge in [-0.25, -0.2) is 0 Å². The van der Waals surface area contributed by atoms with E-state index in [1.807, 2.05) is 0 Å². The molecule has 0 unspecified atom stereocenters. The minimum absolute atomic E-state index is 0.0478. The number of aromatic amines is 1. The number of hydrogen-bond acceptors (Lipinski definition) is 6. The molecule has 1 aromatic heterocycles. The molecule has 0 bridgehead atoms. The number of carbonyl (C=O) groups is 4. The van der Waals surface area contributed by atoms with Crippen molar-refractivity contribution in [3.05, 3.63) is 30.0 Å². The van der Waals surface area contributed by atoms with E-state index in [2.05, 4.69) is 21.0 Å². The summed E-state index contributed by atoms with van der Waals surface area (Å²) in [7, 11) is 1.53. The van der Waals surface area contributed by atoms with Crippen LogP contribution >= 0.6 is 0 Å². The van der Waals surface area contributed by atoms with Crippen molar-refractivity contribution in [2.75, 3.05) is 26.7 Å². The summed E-state index contributed by atoms with van der Waals surface area (Å²) in [5.41, 5.74) is 3.32. The molecule has 0 aliphatic carbocycles. The second-order valence-electron chi connectivity index (χ2n) is 6.94. The van der Waals surface area contributed by atoms with Crippen molar-refractivity contribution < 1.29 is 23.9 Å². The minimum Gasteiger partial charge on any atom is -0.496 e. The predicted octanol–water partition coefficient (Wildman–Crippen LogP) is -0.184. The summed E-state index contributed by atoms with van der Waals surface area (Å²) in [6.45, 7) is 0.0371. The maximum atomic E-state index is 12.4. The molecule has 11 nitrogen and oxygen atoms in total. The Morgan fingerprint density at radius 1 is 1.35 bits per heavy atom. The third-order valence-corrected chi connectivity index (χ3v) is 4.85. The number of benzene rings is 1. The first kappa shape index (κ1) is 21.6. The van der Waals surface area contributed by atoms with Gasteiger partial charge in [-0.1, -0.05) is 6.07 Å². The average molecular weight is 426 g/mol. The van der Waals surface area contributed by atoms with E-state index in [0.717, 1.165) is 10.4 Å². The van der Waals surface area contributed by atoms with Gasteiger partial charge >= 0.3 is 0 Å². The second-order valence-corrected chi connectivity index (χ2v) is 6.94. The minimum atomic E-state index is -0.660. The Kier molecular flexibility index (Phi) is 6.71. The molecule has 0 saturated carbocycles. The van der Waals surface area contributed by atoms with Gasteiger partial charge in [-0.2, -0.15) is 5.26 Å². The molecule has 4 N–H and O–H groups in total. The van der Waals surface area contributed by atoms with Crippen LogP contribution in [0.3, 0.4) is 0 Å². The summed E-state index contributed by atoms with van der Waals surface area (Å²) in [5, 5.41) is 15.6. The summed E-state index contributed by atoms with van der Waals surface area (Å²) in [6.07, 6.45) is 0.0729. The normalized spacial score (nSPS) is 15.1. The third-order valence-electron chi connectivity index (χ3n) is 4.85. The smallest absolute Gasteiger partial charge is 0.268 e. The van der Waals surface area contributed by atoms with Crippen molar-refractivity contribution in [3.63, 3.8) is 0 Å². The fourth-order valence-corrected chi connectivity index (χ4v) is 3.29. The van der Waals surface area contributed by atoms with E-state index in [9.17, 15) is 19.2 Å². The maximum absolute atomic E-state index is 12.4. The van der Waals surface area contributed by atoms with Crippen molar-refractivity contribution in [1.82, 2.24) is 26.1 Å². The topological polar surface area (TPSA) is 156 Å². The van der Waals surface area contributed by atoms with E-state index in [1.54, 1.807) is 30.3 Å². The van der Waals surface area contributed by atoms with Crippen molar-refractivity contribution >= 4 is 34.5 Å². The fraction of sp³-hybridized carbons (Fsp3) is 0.350. The van der Waals surface area contributed by atoms with Crippen LogP contribution in [0.5, 0.6) is 5.75 Å². The van der Waals surface area contributed by atoms with Crippen molar-refractivity contribution in [1.29, 1.82) is 5.26 Å². The SMILES string of the molecule is COc1cccc2[nH]c(C(=O)NCC(=O)NN(C[C@@H]3CCNC3=O)C(=O)CC#N)cc12. The van der Waals surface area contributed by atoms with Crippen LogP contribution in [-0.2, 0) is 14.4 Å². The van der Waals surface area contributed by atoms with Gasteiger partial charge in [-0.3, -0.25) is 29.6 Å². The van der Waals surface area contributed by atoms with Gasteiger partial charge < -0.3 is 20.4 Å². The summed E-state index contributed by atoms with van der Waals surface area (Å²) in [6, 6.07) is 8.68. The number of rotatable bonds is 7. The molecular formula is C20H22N6O5. The molecular weight excluding hydrogens is 404 g/mol. The Morgan fingerprint density at radius 3 is 2.84 bits per heavy atom. The molecule has 2 aromatic rings. The Bertz CT molecular complexity index is 1060. The zero-order chi connectivity index (χ0) is 22.4. The van der Waals surface area contributed by atoms with Gasteiger partial charge in [0.2, 0.25) is 5.91 Å². The zero-order valence-corrected chi connectivity index (χ0v) is 16.9. The van der Waals surface area contributed by atoms with E-state index < -0.39 is 36.6 Å². The standard InChI is InChI=1S/C20H22N6O5/c1-31-16-4-2-3-14-13(16)9-15(24-14)20(30)23-10-17(27)25-26(18(28)5-7-21)11-12-6-8-22-19(12)29/h2-4,9,12,24H,5-6,8,10-11H2,1H3,(H,22,29)(H,23,30)(H,25,27)/t12-/m0/s1. The predicted molar refractivity (Wildman–Crippen MR) is 108 cm³/mol. The summed E-state index contributed by atoms with van der Waals surface area (Å²) < 4.78 is 5.26. The van der Waals surface area contributed by atoms with Crippen LogP contribution in [0.4, 0.5) is 0 Å². The molecule has 1 saturated heterocycles. The number of fused-ring (bicyclic) bond motifs is 1. The highest BCUT2D eigenvalue weighted by Gasteiger charge is 2.29. The van der Waals surface area contributed by atoms with Crippen LogP contribution in [0.1, 0.15) is 23.3 Å². The van der Waals surface area contributed by atoms with Crippen molar-refractivity contribution in [2.45, 2.75) is 12.8 Å². The quantitative estimate of drug-likeness (QED) is 0.450. The second kappa shape index (κ2) is 9.62. The lowest BCUT2D eigenvalue weighted by Gasteiger charge is -2.24. The third kappa shape index (κ3) is 5.11. The Hall–Kier alpha value is -4.07. The van der Waals surface area contributed by atoms with Gasteiger partial charge in [0.1, 0.15) is 17.9 Å². The number of nitriles is 1. The number of nitrogens with one attached hydrogen (secondary N) is 4. The average Bonchev–Trinajstić information content (AvgIpc) is 3.37. The number of nitrogens with zero attached hydrogens (tertiary/aromatic N) is 2. The number of aromatic nitrogens is 1. The maximum Gasteiger partial charge on any atom is 0.268 e. The Morgan fingerprint density at radius 2 is 2.16 bits per heavy atom. The van der Waals surface area contributed by atoms with E-state index in [-0.39, 0.29) is 18.1 Å². The van der Waals surface area contributed by atoms with Gasteiger partial charge in [-0.05, 0) is 24.6 Å². The molecule has 1 aliphatic rings. The molecule has 31 heavy (non-hydrogen) atoms. The first-order valence-corrected chi connectivity index (χ1v) is 9.61. The lowest BCUT2D eigenvalue weighted by molar-refractivity contribution is -0.142. The van der Waals surface area contributed by atoms with Crippen LogP contribution in [0.2, 0.25) is 0 Å². The van der Waals surface area contributed by atoms with Crippen LogP contribution in [0.15, 0.2) is 24.3 Å². The van der Waals surface area contributed by atoms with E-state index in [0.29, 0.717) is 24.2 Å². The zero-order valence-electron chi connectivity index (χ0n) is 16.9. The molecule has 1 atom stereocenters. The Balaban J connectivity index is 1.60. The number of methoxy groups -OCH3 is 1. The summed E-state index contributed by atoms with van der Waals surface area (Å²) >= 11 is 0. The highest BCUT2D eigenvalue weighted by Crippen LogP contribution is 2.25. The van der Waals surface area contributed by atoms with Gasteiger partial charge in [-0.15, -0.1) is 0 Å². The molecule has 0 spiro atoms. The van der Waals surface area contributed by atoms with Gasteiger partial charge in [0.15, 0.2) is 0 Å². The van der Waals surface area contributed by atoms with E-state index in [4.69, 9.17) is 10.00 Å². The molecule has 1 aromatic carbocycles. The van der Waals surface area contributed by atoms with Gasteiger partial charge in [0.05, 0.1) is 32.2 Å². The molecule has 1 fully saturated rings.